The number of nitrogens with zero attached hydrogens (tertiary/aromatic N) is 4. The van der Waals surface area contributed by atoms with Gasteiger partial charge in [-0.05, 0) is 41.5 Å². The number of pyridine rings is 1. The monoisotopic (exact) mass is 512 g/mol. The predicted molar refractivity (Wildman–Crippen MR) is 162 cm³/mol. The Balaban J connectivity index is 1.45. The van der Waals surface area contributed by atoms with E-state index in [9.17, 15) is 0 Å². The fourth-order valence-corrected chi connectivity index (χ4v) is 6.06. The van der Waals surface area contributed by atoms with E-state index in [1.807, 2.05) is 36.5 Å². The zero-order chi connectivity index (χ0) is 26.2. The van der Waals surface area contributed by atoms with E-state index in [2.05, 4.69) is 89.5 Å². The van der Waals surface area contributed by atoms with Crippen LogP contribution < -0.4 is 0 Å². The zero-order valence-electron chi connectivity index (χ0n) is 21.2. The molecule has 0 saturated carbocycles. The fraction of sp³-hybridized carbons (Fsp3) is 0. The summed E-state index contributed by atoms with van der Waals surface area (Å²) in [4.78, 5) is 15.4. The van der Waals surface area contributed by atoms with Crippen LogP contribution in [0.25, 0.3) is 82.8 Å². The molecule has 0 spiro atoms. The van der Waals surface area contributed by atoms with Crippen molar-refractivity contribution in [3.05, 3.63) is 121 Å². The molecule has 4 aromatic heterocycles. The van der Waals surface area contributed by atoms with Crippen LogP contribution in [0.4, 0.5) is 0 Å². The first-order valence-electron chi connectivity index (χ1n) is 13.3. The van der Waals surface area contributed by atoms with E-state index in [4.69, 9.17) is 19.4 Å². The molecule has 186 valence electrons. The van der Waals surface area contributed by atoms with E-state index in [0.29, 0.717) is 0 Å². The highest BCUT2D eigenvalue weighted by molar-refractivity contribution is 6.28. The third-order valence-electron chi connectivity index (χ3n) is 7.81. The van der Waals surface area contributed by atoms with E-state index >= 15 is 0 Å². The molecule has 0 amide bonds. The second-order valence-corrected chi connectivity index (χ2v) is 10.1. The summed E-state index contributed by atoms with van der Waals surface area (Å²) < 4.78 is 8.66. The molecule has 0 aliphatic heterocycles. The lowest BCUT2D eigenvalue weighted by atomic mass is 10.1. The SMILES string of the molecule is c1ccc(-c2cccc(-n3c4ccccc4c4nc5c(nc43)c3ncccc3c3c4ccccc4oc53)c2)cc1. The van der Waals surface area contributed by atoms with Gasteiger partial charge in [-0.15, -0.1) is 0 Å². The van der Waals surface area contributed by atoms with Crippen LogP contribution in [0, 0.1) is 0 Å². The lowest BCUT2D eigenvalue weighted by molar-refractivity contribution is 0.672. The number of fused-ring (bicyclic) bond motifs is 11. The molecule has 5 aromatic carbocycles. The summed E-state index contributed by atoms with van der Waals surface area (Å²) in [5.41, 5.74) is 9.89. The molecule has 4 heterocycles. The van der Waals surface area contributed by atoms with E-state index in [-0.39, 0.29) is 0 Å². The second-order valence-electron chi connectivity index (χ2n) is 10.1. The minimum Gasteiger partial charge on any atom is -0.454 e. The molecule has 0 unspecified atom stereocenters. The Kier molecular flexibility index (Phi) is 4.27. The Morgan fingerprint density at radius 3 is 2.25 bits per heavy atom. The summed E-state index contributed by atoms with van der Waals surface area (Å²) in [5, 5.41) is 4.14. The van der Waals surface area contributed by atoms with Gasteiger partial charge in [0.1, 0.15) is 22.1 Å². The first kappa shape index (κ1) is 21.4. The predicted octanol–water partition coefficient (Wildman–Crippen LogP) is 8.84. The average Bonchev–Trinajstić information content (AvgIpc) is 3.57. The summed E-state index contributed by atoms with van der Waals surface area (Å²) in [6.45, 7) is 0. The third kappa shape index (κ3) is 2.89. The van der Waals surface area contributed by atoms with Crippen LogP contribution in [0.5, 0.6) is 0 Å². The number of hydrogen-bond acceptors (Lipinski definition) is 4. The highest BCUT2D eigenvalue weighted by Gasteiger charge is 2.22. The Bertz CT molecular complexity index is 2440. The van der Waals surface area contributed by atoms with Crippen LogP contribution in [0.15, 0.2) is 126 Å². The topological polar surface area (TPSA) is 56.7 Å². The first-order valence-corrected chi connectivity index (χ1v) is 13.3. The lowest BCUT2D eigenvalue weighted by Gasteiger charge is -2.10. The molecule has 5 heteroatoms. The Morgan fingerprint density at radius 2 is 1.32 bits per heavy atom. The van der Waals surface area contributed by atoms with Gasteiger partial charge in [-0.25, -0.2) is 9.97 Å². The van der Waals surface area contributed by atoms with Gasteiger partial charge in [-0.2, -0.15) is 0 Å². The minimum atomic E-state index is 0.728. The van der Waals surface area contributed by atoms with Gasteiger partial charge in [-0.1, -0.05) is 84.9 Å². The summed E-state index contributed by atoms with van der Waals surface area (Å²) in [7, 11) is 0. The maximum atomic E-state index is 6.45. The van der Waals surface area contributed by atoms with Crippen molar-refractivity contribution in [3.8, 4) is 16.8 Å². The van der Waals surface area contributed by atoms with Crippen molar-refractivity contribution < 1.29 is 4.42 Å². The van der Waals surface area contributed by atoms with Gasteiger partial charge >= 0.3 is 0 Å². The van der Waals surface area contributed by atoms with Gasteiger partial charge in [0.2, 0.25) is 0 Å². The van der Waals surface area contributed by atoms with E-state index in [1.54, 1.807) is 0 Å². The summed E-state index contributed by atoms with van der Waals surface area (Å²) in [6, 6.07) is 39.6. The molecule has 0 fully saturated rings. The first-order chi connectivity index (χ1) is 19.8. The maximum absolute atomic E-state index is 6.45. The second kappa shape index (κ2) is 7.98. The molecular weight excluding hydrogens is 492 g/mol. The molecule has 0 saturated heterocycles. The molecule has 9 rings (SSSR count). The zero-order valence-corrected chi connectivity index (χ0v) is 21.2. The summed E-state index contributed by atoms with van der Waals surface area (Å²) >= 11 is 0. The van der Waals surface area contributed by atoms with Crippen molar-refractivity contribution in [2.45, 2.75) is 0 Å². The van der Waals surface area contributed by atoms with Crippen LogP contribution >= 0.6 is 0 Å². The van der Waals surface area contributed by atoms with Crippen LogP contribution in [0.3, 0.4) is 0 Å². The third-order valence-corrected chi connectivity index (χ3v) is 7.81. The van der Waals surface area contributed by atoms with Gasteiger partial charge in [0.05, 0.1) is 11.0 Å². The average molecular weight is 513 g/mol. The van der Waals surface area contributed by atoms with Gasteiger partial charge < -0.3 is 4.42 Å². The van der Waals surface area contributed by atoms with Crippen molar-refractivity contribution in [1.29, 1.82) is 0 Å². The molecule has 5 nitrogen and oxygen atoms in total. The van der Waals surface area contributed by atoms with Crippen LogP contribution in [-0.4, -0.2) is 19.5 Å². The van der Waals surface area contributed by atoms with Crippen molar-refractivity contribution >= 4 is 65.9 Å². The number of hydrogen-bond donors (Lipinski definition) is 0. The standard InChI is InChI=1S/C35H20N4O/c1-2-10-21(11-3-1)22-12-8-13-23(20-22)39-27-17-6-4-14-24(27)31-35(39)38-32-30-26(16-9-19-36-30)29-25-15-5-7-18-28(25)40-34(29)33(32)37-31/h1-20H. The van der Waals surface area contributed by atoms with E-state index < -0.39 is 0 Å². The van der Waals surface area contributed by atoms with Gasteiger partial charge in [-0.3, -0.25) is 9.55 Å². The maximum Gasteiger partial charge on any atom is 0.165 e. The Labute approximate surface area is 228 Å². The largest absolute Gasteiger partial charge is 0.454 e. The molecular formula is C35H20N4O. The number of para-hydroxylation sites is 2. The van der Waals surface area contributed by atoms with Gasteiger partial charge in [0, 0.05) is 33.4 Å². The van der Waals surface area contributed by atoms with E-state index in [1.165, 1.54) is 5.56 Å². The number of rotatable bonds is 2. The van der Waals surface area contributed by atoms with Crippen molar-refractivity contribution in [1.82, 2.24) is 19.5 Å². The van der Waals surface area contributed by atoms with Crippen LogP contribution in [-0.2, 0) is 0 Å². The summed E-state index contributed by atoms with van der Waals surface area (Å²) in [6.07, 6.45) is 1.82. The molecule has 0 atom stereocenters. The molecule has 0 aliphatic carbocycles. The molecule has 0 N–H and O–H groups in total. The number of furan rings is 1. The highest BCUT2D eigenvalue weighted by Crippen LogP contribution is 2.41. The normalized spacial score (nSPS) is 12.0. The molecule has 0 aliphatic rings. The Morgan fingerprint density at radius 1 is 0.550 bits per heavy atom. The quantitative estimate of drug-likeness (QED) is 0.217. The molecule has 0 bridgehead atoms. The molecule has 9 aromatic rings. The number of benzene rings is 5. The van der Waals surface area contributed by atoms with Crippen molar-refractivity contribution in [3.63, 3.8) is 0 Å². The van der Waals surface area contributed by atoms with Gasteiger partial charge in [0.25, 0.3) is 0 Å². The van der Waals surface area contributed by atoms with Gasteiger partial charge in [0.15, 0.2) is 11.2 Å². The minimum absolute atomic E-state index is 0.728. The Hall–Kier alpha value is -5.55. The van der Waals surface area contributed by atoms with Crippen LogP contribution in [0.2, 0.25) is 0 Å². The molecule has 0 radical (unpaired) electrons. The fourth-order valence-electron chi connectivity index (χ4n) is 6.06. The van der Waals surface area contributed by atoms with Crippen LogP contribution in [0.1, 0.15) is 0 Å². The highest BCUT2D eigenvalue weighted by atomic mass is 16.3. The lowest BCUT2D eigenvalue weighted by Crippen LogP contribution is -1.98. The van der Waals surface area contributed by atoms with Crippen molar-refractivity contribution in [2.75, 3.05) is 0 Å². The smallest absolute Gasteiger partial charge is 0.165 e. The summed E-state index contributed by atoms with van der Waals surface area (Å²) in [5.74, 6) is 0. The van der Waals surface area contributed by atoms with Crippen molar-refractivity contribution in [2.24, 2.45) is 0 Å². The number of aromatic nitrogens is 4. The van der Waals surface area contributed by atoms with E-state index in [0.717, 1.165) is 77.2 Å². The molecule has 40 heavy (non-hydrogen) atoms.